The summed E-state index contributed by atoms with van der Waals surface area (Å²) in [4.78, 5) is 41.7. The standard InChI is InChI=1S/C38H47N5O5/c1-5-6-7-8-9-22-48-31-20-16-27(17-21-31)33-24-39-35(43-42-33)28-12-10-26(11-13-28)23-32(37(47)40-25-34(44)45)41-36(46)29-14-18-30(19-15-29)38(2,3)4/h10-21,24,32,42H,5-9,22-23,25H2,1-4H3,(H,39,43)(H,40,47)(H,41,46)(H,44,45)/t32-/m0/s1. The zero-order valence-corrected chi connectivity index (χ0v) is 28.3. The summed E-state index contributed by atoms with van der Waals surface area (Å²) in [5.41, 5.74) is 11.2. The molecule has 254 valence electrons. The van der Waals surface area contributed by atoms with Crippen molar-refractivity contribution in [3.63, 3.8) is 0 Å². The van der Waals surface area contributed by atoms with Gasteiger partial charge in [-0.05, 0) is 59.4 Å². The maximum atomic E-state index is 13.1. The summed E-state index contributed by atoms with van der Waals surface area (Å²) in [5.74, 6) is -0.702. The molecule has 5 N–H and O–H groups in total. The Morgan fingerprint density at radius 2 is 1.52 bits per heavy atom. The fourth-order valence-corrected chi connectivity index (χ4v) is 5.13. The summed E-state index contributed by atoms with van der Waals surface area (Å²) in [7, 11) is 0. The van der Waals surface area contributed by atoms with Gasteiger partial charge in [-0.3, -0.25) is 25.2 Å². The Kier molecular flexibility index (Phi) is 12.8. The fourth-order valence-electron chi connectivity index (χ4n) is 5.13. The monoisotopic (exact) mass is 653 g/mol. The Hall–Kier alpha value is -5.12. The van der Waals surface area contributed by atoms with Crippen molar-refractivity contribution in [3.05, 3.63) is 107 Å². The van der Waals surface area contributed by atoms with Crippen LogP contribution in [0.2, 0.25) is 0 Å². The predicted molar refractivity (Wildman–Crippen MR) is 189 cm³/mol. The van der Waals surface area contributed by atoms with E-state index >= 15 is 0 Å². The largest absolute Gasteiger partial charge is 0.494 e. The Balaban J connectivity index is 1.37. The average Bonchev–Trinajstić information content (AvgIpc) is 3.08. The van der Waals surface area contributed by atoms with Crippen LogP contribution in [0.5, 0.6) is 5.75 Å². The van der Waals surface area contributed by atoms with E-state index in [1.807, 2.05) is 60.7 Å². The zero-order valence-electron chi connectivity index (χ0n) is 28.3. The van der Waals surface area contributed by atoms with Crippen LogP contribution in [-0.4, -0.2) is 47.9 Å². The number of ether oxygens (including phenoxy) is 1. The minimum atomic E-state index is -1.17. The number of nitrogens with one attached hydrogen (secondary N) is 4. The molecule has 0 saturated heterocycles. The van der Waals surface area contributed by atoms with Gasteiger partial charge in [0.15, 0.2) is 5.84 Å². The number of hydrogen-bond acceptors (Lipinski definition) is 7. The van der Waals surface area contributed by atoms with E-state index in [2.05, 4.69) is 54.2 Å². The number of unbranched alkanes of at least 4 members (excludes halogenated alkanes) is 4. The highest BCUT2D eigenvalue weighted by molar-refractivity contribution is 6.01. The number of aliphatic imine (C=N–C) groups is 1. The molecule has 10 nitrogen and oxygen atoms in total. The quantitative estimate of drug-likeness (QED) is 0.124. The van der Waals surface area contributed by atoms with Crippen LogP contribution in [0.15, 0.2) is 84.0 Å². The van der Waals surface area contributed by atoms with Crippen molar-refractivity contribution >= 4 is 29.3 Å². The van der Waals surface area contributed by atoms with Gasteiger partial charge in [0.2, 0.25) is 5.91 Å². The number of hydrazine groups is 1. The second-order valence-electron chi connectivity index (χ2n) is 12.9. The lowest BCUT2D eigenvalue weighted by molar-refractivity contribution is -0.138. The number of amides is 2. The summed E-state index contributed by atoms with van der Waals surface area (Å²) in [6.45, 7) is 8.65. The first-order valence-corrected chi connectivity index (χ1v) is 16.6. The summed E-state index contributed by atoms with van der Waals surface area (Å²) in [6, 6.07) is 21.6. The van der Waals surface area contributed by atoms with Crippen LogP contribution in [0.3, 0.4) is 0 Å². The van der Waals surface area contributed by atoms with Crippen LogP contribution >= 0.6 is 0 Å². The van der Waals surface area contributed by atoms with Crippen molar-refractivity contribution in [1.82, 2.24) is 21.5 Å². The normalized spacial score (nSPS) is 13.2. The third kappa shape index (κ3) is 10.7. The molecule has 48 heavy (non-hydrogen) atoms. The minimum absolute atomic E-state index is 0.0670. The van der Waals surface area contributed by atoms with E-state index in [0.717, 1.165) is 46.7 Å². The molecule has 1 atom stereocenters. The molecule has 3 aromatic rings. The number of carboxylic acids is 1. The van der Waals surface area contributed by atoms with E-state index < -0.39 is 30.4 Å². The molecule has 4 rings (SSSR count). The van der Waals surface area contributed by atoms with Crippen molar-refractivity contribution < 1.29 is 24.2 Å². The number of carboxylic acid groups (broad SMARTS) is 1. The summed E-state index contributed by atoms with van der Waals surface area (Å²) >= 11 is 0. The van der Waals surface area contributed by atoms with Gasteiger partial charge < -0.3 is 20.5 Å². The van der Waals surface area contributed by atoms with Crippen LogP contribution in [-0.2, 0) is 21.4 Å². The summed E-state index contributed by atoms with van der Waals surface area (Å²) in [5, 5.41) is 14.2. The van der Waals surface area contributed by atoms with E-state index in [9.17, 15) is 14.4 Å². The highest BCUT2D eigenvalue weighted by atomic mass is 16.5. The topological polar surface area (TPSA) is 141 Å². The lowest BCUT2D eigenvalue weighted by Crippen LogP contribution is -2.49. The van der Waals surface area contributed by atoms with Gasteiger partial charge in [0.25, 0.3) is 5.91 Å². The fraction of sp³-hybridized carbons (Fsp3) is 0.368. The van der Waals surface area contributed by atoms with Gasteiger partial charge in [0.05, 0.1) is 18.5 Å². The molecule has 0 spiro atoms. The lowest BCUT2D eigenvalue weighted by atomic mass is 9.86. The smallest absolute Gasteiger partial charge is 0.322 e. The molecule has 0 aliphatic carbocycles. The summed E-state index contributed by atoms with van der Waals surface area (Å²) < 4.78 is 5.88. The number of carbonyl (C=O) groups is 3. The maximum Gasteiger partial charge on any atom is 0.322 e. The van der Waals surface area contributed by atoms with Gasteiger partial charge in [-0.15, -0.1) is 0 Å². The predicted octanol–water partition coefficient (Wildman–Crippen LogP) is 5.73. The highest BCUT2D eigenvalue weighted by Crippen LogP contribution is 2.23. The Morgan fingerprint density at radius 1 is 0.854 bits per heavy atom. The molecular weight excluding hydrogens is 606 g/mol. The molecule has 1 aliphatic rings. The molecule has 0 radical (unpaired) electrons. The second-order valence-corrected chi connectivity index (χ2v) is 12.9. The molecule has 10 heteroatoms. The molecule has 3 aromatic carbocycles. The van der Waals surface area contributed by atoms with Crippen molar-refractivity contribution in [2.75, 3.05) is 13.2 Å². The van der Waals surface area contributed by atoms with Crippen molar-refractivity contribution in [2.24, 2.45) is 4.99 Å². The third-order valence-corrected chi connectivity index (χ3v) is 8.04. The highest BCUT2D eigenvalue weighted by Gasteiger charge is 2.23. The van der Waals surface area contributed by atoms with Gasteiger partial charge in [-0.25, -0.2) is 4.99 Å². The van der Waals surface area contributed by atoms with Gasteiger partial charge in [-0.2, -0.15) is 0 Å². The minimum Gasteiger partial charge on any atom is -0.494 e. The molecule has 1 aliphatic heterocycles. The van der Waals surface area contributed by atoms with E-state index in [-0.39, 0.29) is 11.8 Å². The molecule has 0 saturated carbocycles. The molecule has 0 fully saturated rings. The number of aliphatic carboxylic acids is 1. The SMILES string of the molecule is CCCCCCCOc1ccc(C2=CN=C(c3ccc(C[C@H](NC(=O)c4ccc(C(C)(C)C)cc4)C(=O)NCC(=O)O)cc3)NN2)cc1. The number of benzene rings is 3. The Labute approximate surface area is 283 Å². The van der Waals surface area contributed by atoms with Crippen molar-refractivity contribution in [2.45, 2.75) is 77.7 Å². The van der Waals surface area contributed by atoms with Crippen LogP contribution in [0.4, 0.5) is 0 Å². The third-order valence-electron chi connectivity index (χ3n) is 8.04. The molecule has 0 bridgehead atoms. The Morgan fingerprint density at radius 3 is 2.12 bits per heavy atom. The Bertz CT molecular complexity index is 1590. The maximum absolute atomic E-state index is 13.1. The van der Waals surface area contributed by atoms with E-state index in [0.29, 0.717) is 11.4 Å². The van der Waals surface area contributed by atoms with E-state index in [4.69, 9.17) is 9.84 Å². The summed E-state index contributed by atoms with van der Waals surface area (Å²) in [6.07, 6.45) is 7.93. The van der Waals surface area contributed by atoms with Gasteiger partial charge >= 0.3 is 5.97 Å². The van der Waals surface area contributed by atoms with Gasteiger partial charge in [-0.1, -0.05) is 89.8 Å². The molecule has 0 aromatic heterocycles. The molecule has 0 unspecified atom stereocenters. The van der Waals surface area contributed by atoms with Crippen LogP contribution < -0.4 is 26.2 Å². The van der Waals surface area contributed by atoms with Crippen molar-refractivity contribution in [1.29, 1.82) is 0 Å². The number of nitrogens with zero attached hydrogens (tertiary/aromatic N) is 1. The number of carbonyl (C=O) groups excluding carboxylic acids is 2. The van der Waals surface area contributed by atoms with Crippen LogP contribution in [0, 0.1) is 0 Å². The van der Waals surface area contributed by atoms with Crippen LogP contribution in [0.1, 0.15) is 92.4 Å². The first-order chi connectivity index (χ1) is 23.0. The average molecular weight is 654 g/mol. The zero-order chi connectivity index (χ0) is 34.5. The van der Waals surface area contributed by atoms with Crippen LogP contribution in [0.25, 0.3) is 5.70 Å². The first-order valence-electron chi connectivity index (χ1n) is 16.6. The first kappa shape index (κ1) is 35.7. The number of hydrogen-bond donors (Lipinski definition) is 5. The van der Waals surface area contributed by atoms with Crippen molar-refractivity contribution in [3.8, 4) is 5.75 Å². The number of amidine groups is 1. The molecular formula is C38H47N5O5. The van der Waals surface area contributed by atoms with E-state index in [1.54, 1.807) is 18.3 Å². The van der Waals surface area contributed by atoms with Gasteiger partial charge in [0, 0.05) is 23.1 Å². The lowest BCUT2D eigenvalue weighted by Gasteiger charge is -2.21. The van der Waals surface area contributed by atoms with E-state index in [1.165, 1.54) is 25.7 Å². The number of rotatable bonds is 16. The molecule has 2 amide bonds. The van der Waals surface area contributed by atoms with Gasteiger partial charge in [0.1, 0.15) is 18.3 Å². The second kappa shape index (κ2) is 17.2. The molecule has 1 heterocycles.